The van der Waals surface area contributed by atoms with Crippen molar-refractivity contribution in [3.05, 3.63) is 98.0 Å². The van der Waals surface area contributed by atoms with Crippen LogP contribution in [0.1, 0.15) is 27.8 Å². The first-order chi connectivity index (χ1) is 14.4. The molecule has 0 aliphatic heterocycles. The molecule has 0 atom stereocenters. The number of nitrogens with zero attached hydrogens (tertiary/aromatic N) is 1. The summed E-state index contributed by atoms with van der Waals surface area (Å²) in [6.45, 7) is 4.48. The lowest BCUT2D eigenvalue weighted by molar-refractivity contribution is -0.120. The van der Waals surface area contributed by atoms with E-state index < -0.39 is 0 Å². The molecule has 0 aliphatic carbocycles. The summed E-state index contributed by atoms with van der Waals surface area (Å²) in [6.07, 6.45) is 1.90. The van der Waals surface area contributed by atoms with E-state index in [1.54, 1.807) is 6.21 Å². The molecule has 0 unspecified atom stereocenters. The quantitative estimate of drug-likeness (QED) is 0.330. The highest BCUT2D eigenvalue weighted by Gasteiger charge is 2.06. The number of aryl methyl sites for hydroxylation is 2. The van der Waals surface area contributed by atoms with Crippen molar-refractivity contribution in [1.29, 1.82) is 0 Å². The molecule has 3 aromatic rings. The maximum absolute atomic E-state index is 12.1. The summed E-state index contributed by atoms with van der Waals surface area (Å²) in [7, 11) is 0. The Labute approximate surface area is 190 Å². The molecule has 0 saturated heterocycles. The molecule has 0 bridgehead atoms. The van der Waals surface area contributed by atoms with Crippen molar-refractivity contribution < 1.29 is 9.53 Å². The number of hydrogen-bond donors (Lipinski definition) is 1. The van der Waals surface area contributed by atoms with Gasteiger partial charge in [0.15, 0.2) is 0 Å². The first kappa shape index (κ1) is 22.1. The van der Waals surface area contributed by atoms with Crippen LogP contribution in [0.25, 0.3) is 0 Å². The molecular formula is C24H22BrClN2O2. The van der Waals surface area contributed by atoms with Crippen LogP contribution in [0.3, 0.4) is 0 Å². The number of carbonyl (C=O) groups is 1. The fraction of sp³-hybridized carbons (Fsp3) is 0.167. The SMILES string of the molecule is Cc1ccc(CC(=O)N/N=C\c2ccc(OCc3ccc(Cl)cc3)c(Br)c2)c(C)c1. The van der Waals surface area contributed by atoms with E-state index in [1.165, 1.54) is 5.56 Å². The minimum atomic E-state index is -0.153. The molecule has 154 valence electrons. The van der Waals surface area contributed by atoms with Gasteiger partial charge in [-0.15, -0.1) is 0 Å². The van der Waals surface area contributed by atoms with Gasteiger partial charge in [0.25, 0.3) is 0 Å². The lowest BCUT2D eigenvalue weighted by Crippen LogP contribution is -2.20. The first-order valence-corrected chi connectivity index (χ1v) is 10.6. The monoisotopic (exact) mass is 484 g/mol. The van der Waals surface area contributed by atoms with Gasteiger partial charge in [0.2, 0.25) is 5.91 Å². The van der Waals surface area contributed by atoms with E-state index in [0.29, 0.717) is 18.1 Å². The molecule has 0 spiro atoms. The molecule has 1 amide bonds. The van der Waals surface area contributed by atoms with E-state index in [9.17, 15) is 4.79 Å². The van der Waals surface area contributed by atoms with Crippen molar-refractivity contribution >= 4 is 39.7 Å². The Kier molecular flexibility index (Phi) is 7.66. The Morgan fingerprint density at radius 3 is 2.57 bits per heavy atom. The van der Waals surface area contributed by atoms with Gasteiger partial charge in [-0.2, -0.15) is 5.10 Å². The van der Waals surface area contributed by atoms with Gasteiger partial charge in [-0.3, -0.25) is 4.79 Å². The highest BCUT2D eigenvalue weighted by atomic mass is 79.9. The molecule has 6 heteroatoms. The number of benzene rings is 3. The third-order valence-corrected chi connectivity index (χ3v) is 5.39. The first-order valence-electron chi connectivity index (χ1n) is 9.45. The van der Waals surface area contributed by atoms with Gasteiger partial charge in [-0.05, 0) is 82.4 Å². The van der Waals surface area contributed by atoms with Crippen LogP contribution in [0.15, 0.2) is 70.2 Å². The predicted octanol–water partition coefficient (Wildman–Crippen LogP) is 5.99. The Bertz CT molecular complexity index is 1070. The smallest absolute Gasteiger partial charge is 0.244 e. The van der Waals surface area contributed by atoms with E-state index in [0.717, 1.165) is 32.5 Å². The van der Waals surface area contributed by atoms with Crippen LogP contribution in [0.2, 0.25) is 5.02 Å². The number of rotatable bonds is 7. The Balaban J connectivity index is 1.53. The Morgan fingerprint density at radius 2 is 1.87 bits per heavy atom. The van der Waals surface area contributed by atoms with Gasteiger partial charge in [0.1, 0.15) is 12.4 Å². The van der Waals surface area contributed by atoms with Crippen LogP contribution in [-0.4, -0.2) is 12.1 Å². The van der Waals surface area contributed by atoms with E-state index in [4.69, 9.17) is 16.3 Å². The van der Waals surface area contributed by atoms with Crippen molar-refractivity contribution in [2.24, 2.45) is 5.10 Å². The Hall–Kier alpha value is -2.63. The summed E-state index contributed by atoms with van der Waals surface area (Å²) in [5.41, 5.74) is 7.73. The number of carbonyl (C=O) groups excluding carboxylic acids is 1. The predicted molar refractivity (Wildman–Crippen MR) is 125 cm³/mol. The van der Waals surface area contributed by atoms with Gasteiger partial charge in [-0.25, -0.2) is 5.43 Å². The number of hydrazone groups is 1. The van der Waals surface area contributed by atoms with E-state index >= 15 is 0 Å². The van der Waals surface area contributed by atoms with Crippen LogP contribution >= 0.6 is 27.5 Å². The van der Waals surface area contributed by atoms with Crippen molar-refractivity contribution in [3.63, 3.8) is 0 Å². The second-order valence-corrected chi connectivity index (χ2v) is 8.30. The van der Waals surface area contributed by atoms with Gasteiger partial charge in [-0.1, -0.05) is 47.5 Å². The zero-order valence-corrected chi connectivity index (χ0v) is 19.1. The number of hydrogen-bond acceptors (Lipinski definition) is 3. The van der Waals surface area contributed by atoms with Crippen LogP contribution in [0.4, 0.5) is 0 Å². The fourth-order valence-electron chi connectivity index (χ4n) is 2.89. The van der Waals surface area contributed by atoms with Gasteiger partial charge < -0.3 is 4.74 Å². The minimum Gasteiger partial charge on any atom is -0.488 e. The van der Waals surface area contributed by atoms with Gasteiger partial charge >= 0.3 is 0 Å². The zero-order valence-electron chi connectivity index (χ0n) is 16.8. The maximum atomic E-state index is 12.1. The summed E-state index contributed by atoms with van der Waals surface area (Å²) < 4.78 is 6.65. The largest absolute Gasteiger partial charge is 0.488 e. The molecule has 0 heterocycles. The number of nitrogens with one attached hydrogen (secondary N) is 1. The second kappa shape index (κ2) is 10.4. The lowest BCUT2D eigenvalue weighted by atomic mass is 10.0. The van der Waals surface area contributed by atoms with Crippen molar-refractivity contribution in [3.8, 4) is 5.75 Å². The molecular weight excluding hydrogens is 464 g/mol. The third-order valence-electron chi connectivity index (χ3n) is 4.52. The Morgan fingerprint density at radius 1 is 1.10 bits per heavy atom. The van der Waals surface area contributed by atoms with Gasteiger partial charge in [0.05, 0.1) is 17.1 Å². The van der Waals surface area contributed by atoms with Crippen molar-refractivity contribution in [2.45, 2.75) is 26.9 Å². The summed E-state index contributed by atoms with van der Waals surface area (Å²) in [5, 5.41) is 4.76. The third kappa shape index (κ3) is 6.44. The number of amides is 1. The molecule has 1 N–H and O–H groups in total. The van der Waals surface area contributed by atoms with Crippen molar-refractivity contribution in [1.82, 2.24) is 5.43 Å². The highest BCUT2D eigenvalue weighted by Crippen LogP contribution is 2.26. The molecule has 3 aromatic carbocycles. The normalized spacial score (nSPS) is 10.9. The second-order valence-electron chi connectivity index (χ2n) is 7.00. The molecule has 0 aromatic heterocycles. The molecule has 3 rings (SSSR count). The maximum Gasteiger partial charge on any atom is 0.244 e. The van der Waals surface area contributed by atoms with E-state index in [1.807, 2.05) is 68.4 Å². The molecule has 0 aliphatic rings. The van der Waals surface area contributed by atoms with Crippen LogP contribution in [0, 0.1) is 13.8 Å². The van der Waals surface area contributed by atoms with E-state index in [-0.39, 0.29) is 5.91 Å². The summed E-state index contributed by atoms with van der Waals surface area (Å²) in [4.78, 5) is 12.1. The van der Waals surface area contributed by atoms with E-state index in [2.05, 4.69) is 32.5 Å². The summed E-state index contributed by atoms with van der Waals surface area (Å²) in [5.74, 6) is 0.571. The summed E-state index contributed by atoms with van der Waals surface area (Å²) in [6, 6.07) is 19.2. The minimum absolute atomic E-state index is 0.153. The lowest BCUT2D eigenvalue weighted by Gasteiger charge is -2.09. The summed E-state index contributed by atoms with van der Waals surface area (Å²) >= 11 is 9.41. The molecule has 4 nitrogen and oxygen atoms in total. The molecule has 0 radical (unpaired) electrons. The van der Waals surface area contributed by atoms with Crippen LogP contribution < -0.4 is 10.2 Å². The molecule has 0 saturated carbocycles. The van der Waals surface area contributed by atoms with Crippen molar-refractivity contribution in [2.75, 3.05) is 0 Å². The average Bonchev–Trinajstić information content (AvgIpc) is 2.71. The number of halogens is 2. The van der Waals surface area contributed by atoms with Gasteiger partial charge in [0, 0.05) is 5.02 Å². The topological polar surface area (TPSA) is 50.7 Å². The van der Waals surface area contributed by atoms with Crippen LogP contribution in [0.5, 0.6) is 5.75 Å². The van der Waals surface area contributed by atoms with Crippen LogP contribution in [-0.2, 0) is 17.8 Å². The fourth-order valence-corrected chi connectivity index (χ4v) is 3.53. The number of ether oxygens (including phenoxy) is 1. The average molecular weight is 486 g/mol. The molecule has 30 heavy (non-hydrogen) atoms. The highest BCUT2D eigenvalue weighted by molar-refractivity contribution is 9.10. The standard InChI is InChI=1S/C24H22BrClN2O2/c1-16-3-7-20(17(2)11-16)13-24(29)28-27-14-19-6-10-23(22(25)12-19)30-15-18-4-8-21(26)9-5-18/h3-12,14H,13,15H2,1-2H3,(H,28,29)/b27-14-. The molecule has 0 fully saturated rings. The zero-order chi connectivity index (χ0) is 21.5.